The highest BCUT2D eigenvalue weighted by Crippen LogP contribution is 2.17. The van der Waals surface area contributed by atoms with E-state index in [0.717, 1.165) is 50.0 Å². The first-order valence-electron chi connectivity index (χ1n) is 9.21. The zero-order valence-electron chi connectivity index (χ0n) is 15.4. The minimum atomic E-state index is -0.129. The molecule has 1 amide bonds. The van der Waals surface area contributed by atoms with Gasteiger partial charge in [-0.2, -0.15) is 10.2 Å². The molecule has 1 aliphatic heterocycles. The lowest BCUT2D eigenvalue weighted by atomic mass is 10.1. The Labute approximate surface area is 148 Å². The molecule has 2 aromatic rings. The van der Waals surface area contributed by atoms with Gasteiger partial charge < -0.3 is 10.6 Å². The number of carbonyl (C=O) groups excluding carboxylic acids is 1. The van der Waals surface area contributed by atoms with Crippen LogP contribution in [0.2, 0.25) is 0 Å². The van der Waals surface area contributed by atoms with Gasteiger partial charge in [-0.3, -0.25) is 14.2 Å². The molecule has 1 unspecified atom stereocenters. The van der Waals surface area contributed by atoms with Crippen LogP contribution >= 0.6 is 0 Å². The summed E-state index contributed by atoms with van der Waals surface area (Å²) in [5.74, 6) is -0.129. The van der Waals surface area contributed by atoms with Gasteiger partial charge in [-0.25, -0.2) is 0 Å². The van der Waals surface area contributed by atoms with E-state index in [1.165, 1.54) is 5.69 Å². The number of aryl methyl sites for hydroxylation is 2. The summed E-state index contributed by atoms with van der Waals surface area (Å²) in [5, 5.41) is 15.4. The highest BCUT2D eigenvalue weighted by molar-refractivity contribution is 5.92. The smallest absolute Gasteiger partial charge is 0.272 e. The van der Waals surface area contributed by atoms with Crippen LogP contribution in [0.4, 0.5) is 0 Å². The quantitative estimate of drug-likeness (QED) is 0.834. The van der Waals surface area contributed by atoms with E-state index in [2.05, 4.69) is 34.7 Å². The zero-order chi connectivity index (χ0) is 17.8. The maximum absolute atomic E-state index is 12.5. The van der Waals surface area contributed by atoms with Crippen LogP contribution in [0.3, 0.4) is 0 Å². The largest absolute Gasteiger partial charge is 0.346 e. The second-order valence-electron chi connectivity index (χ2n) is 6.57. The minimum Gasteiger partial charge on any atom is -0.346 e. The molecular weight excluding hydrogens is 316 g/mol. The van der Waals surface area contributed by atoms with Gasteiger partial charge in [0, 0.05) is 37.6 Å². The SMILES string of the molecule is CCc1nn(C)c(CC)c1CNC(=O)c1ccn(C2CCCNC2)n1. The molecule has 1 saturated heterocycles. The number of hydrogen-bond acceptors (Lipinski definition) is 4. The van der Waals surface area contributed by atoms with Crippen molar-refractivity contribution in [3.8, 4) is 0 Å². The summed E-state index contributed by atoms with van der Waals surface area (Å²) in [7, 11) is 1.96. The Hall–Kier alpha value is -2.15. The monoisotopic (exact) mass is 344 g/mol. The summed E-state index contributed by atoms with van der Waals surface area (Å²) >= 11 is 0. The predicted octanol–water partition coefficient (Wildman–Crippen LogP) is 1.60. The molecule has 2 N–H and O–H groups in total. The van der Waals surface area contributed by atoms with E-state index in [4.69, 9.17) is 0 Å². The molecule has 1 atom stereocenters. The lowest BCUT2D eigenvalue weighted by Crippen LogP contribution is -2.32. The molecule has 0 saturated carbocycles. The van der Waals surface area contributed by atoms with Gasteiger partial charge in [-0.05, 0) is 38.3 Å². The molecule has 0 aromatic carbocycles. The van der Waals surface area contributed by atoms with Crippen LogP contribution in [0.1, 0.15) is 60.2 Å². The molecule has 0 bridgehead atoms. The van der Waals surface area contributed by atoms with E-state index >= 15 is 0 Å². The lowest BCUT2D eigenvalue weighted by molar-refractivity contribution is 0.0944. The average molecular weight is 344 g/mol. The maximum atomic E-state index is 12.5. The van der Waals surface area contributed by atoms with Crippen LogP contribution in [-0.4, -0.2) is 38.6 Å². The highest BCUT2D eigenvalue weighted by Gasteiger charge is 2.19. The van der Waals surface area contributed by atoms with Gasteiger partial charge in [0.05, 0.1) is 11.7 Å². The van der Waals surface area contributed by atoms with Crippen LogP contribution in [0.15, 0.2) is 12.3 Å². The van der Waals surface area contributed by atoms with Gasteiger partial charge in [0.25, 0.3) is 5.91 Å². The van der Waals surface area contributed by atoms with Crippen LogP contribution in [0.25, 0.3) is 0 Å². The first-order chi connectivity index (χ1) is 12.1. The standard InChI is InChI=1S/C18H28N6O/c1-4-15-14(17(5-2)23(3)21-15)12-20-18(25)16-8-10-24(22-16)13-7-6-9-19-11-13/h8,10,13,19H,4-7,9,11-12H2,1-3H3,(H,20,25). The van der Waals surface area contributed by atoms with Crippen molar-refractivity contribution in [1.82, 2.24) is 30.2 Å². The number of carbonyl (C=O) groups is 1. The van der Waals surface area contributed by atoms with Crippen LogP contribution < -0.4 is 10.6 Å². The molecule has 3 heterocycles. The average Bonchev–Trinajstić information content (AvgIpc) is 3.24. The van der Waals surface area contributed by atoms with Crippen LogP contribution in [-0.2, 0) is 26.4 Å². The Balaban J connectivity index is 1.66. The topological polar surface area (TPSA) is 76.8 Å². The number of aromatic nitrogens is 4. The third-order valence-electron chi connectivity index (χ3n) is 4.94. The fraction of sp³-hybridized carbons (Fsp3) is 0.611. The minimum absolute atomic E-state index is 0.129. The van der Waals surface area contributed by atoms with Crippen molar-refractivity contribution in [2.24, 2.45) is 7.05 Å². The number of nitrogens with one attached hydrogen (secondary N) is 2. The summed E-state index contributed by atoms with van der Waals surface area (Å²) in [5.41, 5.74) is 3.84. The molecule has 136 valence electrons. The van der Waals surface area contributed by atoms with E-state index in [-0.39, 0.29) is 5.91 Å². The number of piperidine rings is 1. The fourth-order valence-corrected chi connectivity index (χ4v) is 3.57. The van der Waals surface area contributed by atoms with Crippen molar-refractivity contribution in [1.29, 1.82) is 0 Å². The highest BCUT2D eigenvalue weighted by atomic mass is 16.1. The van der Waals surface area contributed by atoms with E-state index in [0.29, 0.717) is 18.3 Å². The van der Waals surface area contributed by atoms with Crippen molar-refractivity contribution in [3.63, 3.8) is 0 Å². The lowest BCUT2D eigenvalue weighted by Gasteiger charge is -2.22. The molecule has 1 fully saturated rings. The van der Waals surface area contributed by atoms with Gasteiger partial charge in [0.15, 0.2) is 0 Å². The Bertz CT molecular complexity index is 726. The number of rotatable bonds is 6. The summed E-state index contributed by atoms with van der Waals surface area (Å²) in [6, 6.07) is 2.14. The van der Waals surface area contributed by atoms with Crippen molar-refractivity contribution in [2.45, 2.75) is 52.1 Å². The van der Waals surface area contributed by atoms with Crippen LogP contribution in [0, 0.1) is 0 Å². The van der Waals surface area contributed by atoms with E-state index in [1.807, 2.05) is 22.6 Å². The summed E-state index contributed by atoms with van der Waals surface area (Å²) < 4.78 is 3.84. The molecule has 7 nitrogen and oxygen atoms in total. The molecule has 0 radical (unpaired) electrons. The van der Waals surface area contributed by atoms with Crippen molar-refractivity contribution >= 4 is 5.91 Å². The maximum Gasteiger partial charge on any atom is 0.272 e. The molecule has 2 aromatic heterocycles. The summed E-state index contributed by atoms with van der Waals surface area (Å²) in [4.78, 5) is 12.5. The second kappa shape index (κ2) is 7.82. The normalized spacial score (nSPS) is 17.6. The fourth-order valence-electron chi connectivity index (χ4n) is 3.57. The Morgan fingerprint density at radius 2 is 2.20 bits per heavy atom. The Kier molecular flexibility index (Phi) is 5.53. The summed E-state index contributed by atoms with van der Waals surface area (Å²) in [6.07, 6.45) is 5.92. The molecule has 7 heteroatoms. The summed E-state index contributed by atoms with van der Waals surface area (Å²) in [6.45, 7) is 6.68. The van der Waals surface area contributed by atoms with Gasteiger partial charge in [-0.15, -0.1) is 0 Å². The van der Waals surface area contributed by atoms with Gasteiger partial charge in [0.1, 0.15) is 5.69 Å². The Morgan fingerprint density at radius 1 is 1.36 bits per heavy atom. The first kappa shape index (κ1) is 17.7. The molecule has 3 rings (SSSR count). The molecular formula is C18H28N6O. The van der Waals surface area contributed by atoms with E-state index < -0.39 is 0 Å². The molecule has 25 heavy (non-hydrogen) atoms. The van der Waals surface area contributed by atoms with Crippen molar-refractivity contribution in [3.05, 3.63) is 34.9 Å². The third-order valence-corrected chi connectivity index (χ3v) is 4.94. The number of amides is 1. The first-order valence-corrected chi connectivity index (χ1v) is 9.21. The number of hydrogen-bond donors (Lipinski definition) is 2. The number of nitrogens with zero attached hydrogens (tertiary/aromatic N) is 4. The predicted molar refractivity (Wildman–Crippen MR) is 96.5 cm³/mol. The van der Waals surface area contributed by atoms with Crippen molar-refractivity contribution in [2.75, 3.05) is 13.1 Å². The van der Waals surface area contributed by atoms with Gasteiger partial charge in [-0.1, -0.05) is 13.8 Å². The second-order valence-corrected chi connectivity index (χ2v) is 6.57. The van der Waals surface area contributed by atoms with E-state index in [9.17, 15) is 4.79 Å². The Morgan fingerprint density at radius 3 is 2.88 bits per heavy atom. The molecule has 0 aliphatic carbocycles. The van der Waals surface area contributed by atoms with Gasteiger partial charge in [0.2, 0.25) is 0 Å². The van der Waals surface area contributed by atoms with Crippen LogP contribution in [0.5, 0.6) is 0 Å². The van der Waals surface area contributed by atoms with E-state index in [1.54, 1.807) is 6.07 Å². The zero-order valence-corrected chi connectivity index (χ0v) is 15.4. The third kappa shape index (κ3) is 3.76. The molecule has 1 aliphatic rings. The van der Waals surface area contributed by atoms with Crippen molar-refractivity contribution < 1.29 is 4.79 Å². The van der Waals surface area contributed by atoms with Gasteiger partial charge >= 0.3 is 0 Å². The molecule has 0 spiro atoms.